The van der Waals surface area contributed by atoms with Gasteiger partial charge in [-0.15, -0.1) is 0 Å². The summed E-state index contributed by atoms with van der Waals surface area (Å²) in [6, 6.07) is 8.74. The van der Waals surface area contributed by atoms with Crippen molar-refractivity contribution in [2.75, 3.05) is 19.6 Å². The molecule has 19 heavy (non-hydrogen) atoms. The number of likely N-dealkylation sites (tertiary alicyclic amines) is 1. The third-order valence-electron chi connectivity index (χ3n) is 4.27. The van der Waals surface area contributed by atoms with Crippen LogP contribution in [-0.2, 0) is 11.2 Å². The fourth-order valence-electron chi connectivity index (χ4n) is 3.29. The van der Waals surface area contributed by atoms with E-state index >= 15 is 0 Å². The molecule has 1 fully saturated rings. The maximum atomic E-state index is 12.1. The van der Waals surface area contributed by atoms with E-state index in [4.69, 9.17) is 0 Å². The summed E-state index contributed by atoms with van der Waals surface area (Å²) in [6.07, 6.45) is 5.86. The van der Waals surface area contributed by atoms with E-state index in [1.165, 1.54) is 30.4 Å². The van der Waals surface area contributed by atoms with Gasteiger partial charge in [0.1, 0.15) is 0 Å². The second-order valence-electron chi connectivity index (χ2n) is 5.69. The highest BCUT2D eigenvalue weighted by atomic mass is 16.2. The van der Waals surface area contributed by atoms with E-state index in [1.807, 2.05) is 0 Å². The van der Waals surface area contributed by atoms with Gasteiger partial charge in [-0.2, -0.15) is 0 Å². The second kappa shape index (κ2) is 5.74. The van der Waals surface area contributed by atoms with Gasteiger partial charge in [0, 0.05) is 0 Å². The number of carbonyl (C=O) groups is 1. The molecule has 1 aliphatic carbocycles. The average molecular weight is 258 g/mol. The highest BCUT2D eigenvalue weighted by Gasteiger charge is 2.22. The lowest BCUT2D eigenvalue weighted by atomic mass is 9.88. The zero-order chi connectivity index (χ0) is 13.1. The number of aryl methyl sites for hydroxylation is 1. The van der Waals surface area contributed by atoms with Crippen molar-refractivity contribution in [3.63, 3.8) is 0 Å². The minimum absolute atomic E-state index is 0.184. The van der Waals surface area contributed by atoms with E-state index in [0.29, 0.717) is 6.54 Å². The van der Waals surface area contributed by atoms with Gasteiger partial charge in [0.2, 0.25) is 5.91 Å². The lowest BCUT2D eigenvalue weighted by molar-refractivity contribution is -0.122. The molecule has 3 nitrogen and oxygen atoms in total. The number of benzene rings is 1. The Kier molecular flexibility index (Phi) is 3.83. The molecular formula is C16H22N2O. The maximum absolute atomic E-state index is 12.1. The first-order valence-corrected chi connectivity index (χ1v) is 7.42. The van der Waals surface area contributed by atoms with Crippen LogP contribution in [0.15, 0.2) is 24.3 Å². The van der Waals surface area contributed by atoms with E-state index in [-0.39, 0.29) is 11.9 Å². The zero-order valence-electron chi connectivity index (χ0n) is 11.4. The van der Waals surface area contributed by atoms with Gasteiger partial charge in [-0.25, -0.2) is 0 Å². The predicted octanol–water partition coefficient (Wildman–Crippen LogP) is 2.28. The topological polar surface area (TPSA) is 32.3 Å². The molecule has 3 rings (SSSR count). The quantitative estimate of drug-likeness (QED) is 0.902. The molecule has 0 spiro atoms. The molecule has 1 N–H and O–H groups in total. The Morgan fingerprint density at radius 2 is 2.00 bits per heavy atom. The summed E-state index contributed by atoms with van der Waals surface area (Å²) in [5.41, 5.74) is 2.73. The highest BCUT2D eigenvalue weighted by Crippen LogP contribution is 2.29. The summed E-state index contributed by atoms with van der Waals surface area (Å²) < 4.78 is 0. The molecule has 0 unspecified atom stereocenters. The van der Waals surface area contributed by atoms with Gasteiger partial charge in [-0.3, -0.25) is 9.69 Å². The van der Waals surface area contributed by atoms with Crippen LogP contribution in [0, 0.1) is 0 Å². The van der Waals surface area contributed by atoms with Gasteiger partial charge >= 0.3 is 0 Å². The van der Waals surface area contributed by atoms with E-state index in [1.54, 1.807) is 0 Å². The van der Waals surface area contributed by atoms with Crippen molar-refractivity contribution in [2.45, 2.75) is 38.1 Å². The molecule has 1 heterocycles. The minimum atomic E-state index is 0.184. The number of nitrogens with zero attached hydrogens (tertiary/aromatic N) is 1. The van der Waals surface area contributed by atoms with Crippen molar-refractivity contribution in [3.05, 3.63) is 35.4 Å². The summed E-state index contributed by atoms with van der Waals surface area (Å²) >= 11 is 0. The largest absolute Gasteiger partial charge is 0.348 e. The molecule has 1 amide bonds. The van der Waals surface area contributed by atoms with Gasteiger partial charge in [-0.1, -0.05) is 24.3 Å². The Balaban J connectivity index is 1.62. The van der Waals surface area contributed by atoms with Crippen molar-refractivity contribution >= 4 is 5.91 Å². The fourth-order valence-corrected chi connectivity index (χ4v) is 3.29. The van der Waals surface area contributed by atoms with Crippen molar-refractivity contribution < 1.29 is 4.79 Å². The lowest BCUT2D eigenvalue weighted by Crippen LogP contribution is -2.38. The number of amides is 1. The molecule has 1 aromatic rings. The molecule has 2 aliphatic rings. The predicted molar refractivity (Wildman–Crippen MR) is 75.9 cm³/mol. The first-order chi connectivity index (χ1) is 9.33. The number of hydrogen-bond donors (Lipinski definition) is 1. The summed E-state index contributed by atoms with van der Waals surface area (Å²) in [4.78, 5) is 14.4. The third-order valence-corrected chi connectivity index (χ3v) is 4.27. The van der Waals surface area contributed by atoms with Crippen LogP contribution in [0.2, 0.25) is 0 Å². The number of carbonyl (C=O) groups excluding carboxylic acids is 1. The smallest absolute Gasteiger partial charge is 0.234 e. The summed E-state index contributed by atoms with van der Waals surface area (Å²) in [5.74, 6) is 0.184. The van der Waals surface area contributed by atoms with Crippen LogP contribution in [0.4, 0.5) is 0 Å². The molecule has 0 bridgehead atoms. The monoisotopic (exact) mass is 258 g/mol. The normalized spacial score (nSPS) is 23.1. The van der Waals surface area contributed by atoms with Crippen LogP contribution in [0.5, 0.6) is 0 Å². The molecule has 1 aliphatic heterocycles. The Morgan fingerprint density at radius 3 is 2.84 bits per heavy atom. The molecule has 0 radical (unpaired) electrons. The van der Waals surface area contributed by atoms with Gasteiger partial charge in [0.25, 0.3) is 0 Å². The fraction of sp³-hybridized carbons (Fsp3) is 0.562. The minimum Gasteiger partial charge on any atom is -0.348 e. The number of hydrogen-bond acceptors (Lipinski definition) is 2. The van der Waals surface area contributed by atoms with Crippen LogP contribution in [-0.4, -0.2) is 30.4 Å². The average Bonchev–Trinajstić information content (AvgIpc) is 2.92. The van der Waals surface area contributed by atoms with Crippen LogP contribution in [0.3, 0.4) is 0 Å². The standard InChI is InChI=1S/C16H22N2O/c19-16(12-18-10-3-4-11-18)17-15-9-5-7-13-6-1-2-8-14(13)15/h1-2,6,8,15H,3-5,7,9-12H2,(H,17,19)/t15-/m1/s1. The van der Waals surface area contributed by atoms with E-state index in [2.05, 4.69) is 34.5 Å². The SMILES string of the molecule is O=C(CN1CCCC1)N[C@@H]1CCCc2ccccc21. The molecule has 1 aromatic carbocycles. The highest BCUT2D eigenvalue weighted by molar-refractivity contribution is 5.78. The van der Waals surface area contributed by atoms with Crippen LogP contribution in [0.1, 0.15) is 42.9 Å². The summed E-state index contributed by atoms with van der Waals surface area (Å²) in [7, 11) is 0. The molecule has 102 valence electrons. The third kappa shape index (κ3) is 2.98. The number of nitrogens with one attached hydrogen (secondary N) is 1. The first kappa shape index (κ1) is 12.7. The Hall–Kier alpha value is -1.35. The van der Waals surface area contributed by atoms with E-state index in [9.17, 15) is 4.79 Å². The number of rotatable bonds is 3. The molecule has 0 aromatic heterocycles. The van der Waals surface area contributed by atoms with Crippen LogP contribution >= 0.6 is 0 Å². The van der Waals surface area contributed by atoms with Gasteiger partial charge in [0.05, 0.1) is 12.6 Å². The Bertz CT molecular complexity index is 452. The lowest BCUT2D eigenvalue weighted by Gasteiger charge is -2.27. The van der Waals surface area contributed by atoms with Gasteiger partial charge in [0.15, 0.2) is 0 Å². The Morgan fingerprint density at radius 1 is 1.21 bits per heavy atom. The molecule has 1 atom stereocenters. The van der Waals surface area contributed by atoms with Crippen molar-refractivity contribution in [1.82, 2.24) is 10.2 Å². The summed E-state index contributed by atoms with van der Waals surface area (Å²) in [6.45, 7) is 2.72. The second-order valence-corrected chi connectivity index (χ2v) is 5.69. The first-order valence-electron chi connectivity index (χ1n) is 7.42. The molecular weight excluding hydrogens is 236 g/mol. The van der Waals surface area contributed by atoms with Crippen molar-refractivity contribution in [2.24, 2.45) is 0 Å². The van der Waals surface area contributed by atoms with Crippen LogP contribution in [0.25, 0.3) is 0 Å². The van der Waals surface area contributed by atoms with E-state index in [0.717, 1.165) is 25.9 Å². The molecule has 1 saturated heterocycles. The van der Waals surface area contributed by atoms with Crippen molar-refractivity contribution in [1.29, 1.82) is 0 Å². The summed E-state index contributed by atoms with van der Waals surface area (Å²) in [5, 5.41) is 3.22. The van der Waals surface area contributed by atoms with Gasteiger partial charge in [-0.05, 0) is 56.3 Å². The van der Waals surface area contributed by atoms with E-state index < -0.39 is 0 Å². The molecule has 3 heteroatoms. The van der Waals surface area contributed by atoms with Gasteiger partial charge < -0.3 is 5.32 Å². The number of fused-ring (bicyclic) bond motifs is 1. The zero-order valence-corrected chi connectivity index (χ0v) is 11.4. The maximum Gasteiger partial charge on any atom is 0.234 e. The van der Waals surface area contributed by atoms with Crippen LogP contribution < -0.4 is 5.32 Å². The van der Waals surface area contributed by atoms with Crippen molar-refractivity contribution in [3.8, 4) is 0 Å². The Labute approximate surface area is 115 Å². The molecule has 0 saturated carbocycles.